The number of nitrogens with two attached hydrogens (primary N) is 1. The molecule has 0 radical (unpaired) electrons. The minimum absolute atomic E-state index is 0.0479. The fraction of sp³-hybridized carbons (Fsp3) is 0.357. The molecule has 0 saturated carbocycles. The summed E-state index contributed by atoms with van der Waals surface area (Å²) in [5.41, 5.74) is 1.29. The molecule has 1 atom stereocenters. The van der Waals surface area contributed by atoms with Gasteiger partial charge in [0.1, 0.15) is 0 Å². The van der Waals surface area contributed by atoms with Crippen LogP contribution in [0.15, 0.2) is 35.2 Å². The van der Waals surface area contributed by atoms with E-state index in [2.05, 4.69) is 17.5 Å². The molecule has 1 aliphatic carbocycles. The third-order valence-corrected chi connectivity index (χ3v) is 4.27. The van der Waals surface area contributed by atoms with E-state index in [1.807, 2.05) is 0 Å². The molecule has 0 saturated heterocycles. The van der Waals surface area contributed by atoms with Crippen molar-refractivity contribution < 1.29 is 13.2 Å². The molecule has 1 aromatic rings. The number of nitrogens with one attached hydrogen (secondary N) is 1. The molecular formula is C14H18N2O3S. The first-order chi connectivity index (χ1) is 9.36. The van der Waals surface area contributed by atoms with Gasteiger partial charge in [-0.05, 0) is 49.4 Å². The number of sulfonamides is 1. The van der Waals surface area contributed by atoms with E-state index in [-0.39, 0.29) is 10.8 Å². The van der Waals surface area contributed by atoms with Gasteiger partial charge in [-0.3, -0.25) is 4.79 Å². The van der Waals surface area contributed by atoms with E-state index < -0.39 is 10.0 Å². The number of allylic oxidation sites excluding steroid dienone is 2. The Bertz CT molecular complexity index is 650. The summed E-state index contributed by atoms with van der Waals surface area (Å²) in [6, 6.07) is 4.42. The van der Waals surface area contributed by atoms with E-state index in [1.165, 1.54) is 12.1 Å². The van der Waals surface area contributed by atoms with Gasteiger partial charge in [-0.1, -0.05) is 12.2 Å². The number of primary sulfonamides is 1. The molecule has 1 unspecified atom stereocenters. The minimum Gasteiger partial charge on any atom is -0.326 e. The molecule has 20 heavy (non-hydrogen) atoms. The molecule has 2 rings (SSSR count). The van der Waals surface area contributed by atoms with Crippen LogP contribution in [0, 0.1) is 12.8 Å². The van der Waals surface area contributed by atoms with E-state index in [0.717, 1.165) is 12.8 Å². The van der Waals surface area contributed by atoms with Gasteiger partial charge in [0.05, 0.1) is 4.90 Å². The summed E-state index contributed by atoms with van der Waals surface area (Å²) < 4.78 is 22.5. The lowest BCUT2D eigenvalue weighted by atomic mass is 10.0. The Morgan fingerprint density at radius 3 is 2.75 bits per heavy atom. The molecule has 108 valence electrons. The third kappa shape index (κ3) is 3.68. The topological polar surface area (TPSA) is 89.3 Å². The number of carbonyl (C=O) groups is 1. The van der Waals surface area contributed by atoms with Crippen molar-refractivity contribution in [2.24, 2.45) is 11.1 Å². The Labute approximate surface area is 118 Å². The normalized spacial score (nSPS) is 18.2. The molecule has 6 heteroatoms. The second-order valence-electron chi connectivity index (χ2n) is 5.04. The standard InChI is InChI=1S/C14H18N2O3S/c1-10-8-12(20(15,18)19)6-7-13(10)16-14(17)9-11-4-2-3-5-11/h2,4,6-8,11H,3,5,9H2,1H3,(H,16,17)(H2,15,18,19). The molecule has 0 bridgehead atoms. The van der Waals surface area contributed by atoms with Crippen LogP contribution in [0.25, 0.3) is 0 Å². The molecule has 5 nitrogen and oxygen atoms in total. The molecule has 0 fully saturated rings. The number of carbonyl (C=O) groups excluding carboxylic acids is 1. The van der Waals surface area contributed by atoms with E-state index in [1.54, 1.807) is 13.0 Å². The van der Waals surface area contributed by atoms with Crippen LogP contribution in [0.2, 0.25) is 0 Å². The summed E-state index contributed by atoms with van der Waals surface area (Å²) in [7, 11) is -3.71. The maximum absolute atomic E-state index is 11.9. The zero-order valence-corrected chi connectivity index (χ0v) is 12.1. The molecule has 0 aliphatic heterocycles. The minimum atomic E-state index is -3.71. The second-order valence-corrected chi connectivity index (χ2v) is 6.60. The number of rotatable bonds is 4. The number of amides is 1. The van der Waals surface area contributed by atoms with E-state index >= 15 is 0 Å². The van der Waals surface area contributed by atoms with E-state index in [4.69, 9.17) is 5.14 Å². The van der Waals surface area contributed by atoms with Crippen LogP contribution in [-0.2, 0) is 14.8 Å². The van der Waals surface area contributed by atoms with Crippen LogP contribution in [0.4, 0.5) is 5.69 Å². The summed E-state index contributed by atoms with van der Waals surface area (Å²) in [4.78, 5) is 12.0. The average Bonchev–Trinajstić information content (AvgIpc) is 2.83. The Morgan fingerprint density at radius 1 is 1.45 bits per heavy atom. The summed E-state index contributed by atoms with van der Waals surface area (Å²) in [6.07, 6.45) is 6.64. The van der Waals surface area contributed by atoms with Crippen LogP contribution in [0.5, 0.6) is 0 Å². The molecule has 1 aliphatic rings. The molecule has 0 spiro atoms. The molecular weight excluding hydrogens is 276 g/mol. The molecule has 1 amide bonds. The highest BCUT2D eigenvalue weighted by atomic mass is 32.2. The number of anilines is 1. The third-order valence-electron chi connectivity index (χ3n) is 3.36. The number of hydrogen-bond acceptors (Lipinski definition) is 3. The SMILES string of the molecule is Cc1cc(S(N)(=O)=O)ccc1NC(=O)CC1C=CCC1. The smallest absolute Gasteiger partial charge is 0.238 e. The average molecular weight is 294 g/mol. The largest absolute Gasteiger partial charge is 0.326 e. The van der Waals surface area contributed by atoms with Crippen molar-refractivity contribution >= 4 is 21.6 Å². The van der Waals surface area contributed by atoms with Crippen molar-refractivity contribution in [3.63, 3.8) is 0 Å². The van der Waals surface area contributed by atoms with Crippen LogP contribution in [0.3, 0.4) is 0 Å². The van der Waals surface area contributed by atoms with Crippen molar-refractivity contribution in [2.75, 3.05) is 5.32 Å². The maximum Gasteiger partial charge on any atom is 0.238 e. The lowest BCUT2D eigenvalue weighted by molar-refractivity contribution is -0.116. The van der Waals surface area contributed by atoms with Gasteiger partial charge in [-0.25, -0.2) is 13.6 Å². The summed E-state index contributed by atoms with van der Waals surface area (Å²) >= 11 is 0. The van der Waals surface area contributed by atoms with E-state index in [9.17, 15) is 13.2 Å². The Kier molecular flexibility index (Phi) is 4.25. The van der Waals surface area contributed by atoms with Crippen LogP contribution < -0.4 is 10.5 Å². The second kappa shape index (κ2) is 5.76. The first-order valence-corrected chi connectivity index (χ1v) is 8.01. The highest BCUT2D eigenvalue weighted by Gasteiger charge is 2.15. The van der Waals surface area contributed by atoms with Gasteiger partial charge in [0.2, 0.25) is 15.9 Å². The number of hydrogen-bond donors (Lipinski definition) is 2. The molecule has 1 aromatic carbocycles. The highest BCUT2D eigenvalue weighted by molar-refractivity contribution is 7.89. The van der Waals surface area contributed by atoms with Gasteiger partial charge in [0.15, 0.2) is 0 Å². The van der Waals surface area contributed by atoms with E-state index in [0.29, 0.717) is 23.6 Å². The zero-order chi connectivity index (χ0) is 14.8. The molecule has 0 aromatic heterocycles. The van der Waals surface area contributed by atoms with Gasteiger partial charge in [-0.15, -0.1) is 0 Å². The zero-order valence-electron chi connectivity index (χ0n) is 11.3. The van der Waals surface area contributed by atoms with Crippen molar-refractivity contribution in [1.29, 1.82) is 0 Å². The van der Waals surface area contributed by atoms with Gasteiger partial charge < -0.3 is 5.32 Å². The fourth-order valence-corrected chi connectivity index (χ4v) is 2.86. The first kappa shape index (κ1) is 14.7. The Hall–Kier alpha value is -1.66. The fourth-order valence-electron chi connectivity index (χ4n) is 2.26. The van der Waals surface area contributed by atoms with Crippen molar-refractivity contribution in [1.82, 2.24) is 0 Å². The Morgan fingerprint density at radius 2 is 2.20 bits per heavy atom. The quantitative estimate of drug-likeness (QED) is 0.832. The van der Waals surface area contributed by atoms with Crippen molar-refractivity contribution in [3.05, 3.63) is 35.9 Å². The lowest BCUT2D eigenvalue weighted by Gasteiger charge is -2.11. The molecule has 3 N–H and O–H groups in total. The predicted octanol–water partition coefficient (Wildman–Crippen LogP) is 1.94. The van der Waals surface area contributed by atoms with Gasteiger partial charge in [0, 0.05) is 12.1 Å². The van der Waals surface area contributed by atoms with Crippen LogP contribution in [0.1, 0.15) is 24.8 Å². The monoisotopic (exact) mass is 294 g/mol. The summed E-state index contributed by atoms with van der Waals surface area (Å²) in [5.74, 6) is 0.243. The molecule has 0 heterocycles. The van der Waals surface area contributed by atoms with Crippen LogP contribution in [-0.4, -0.2) is 14.3 Å². The van der Waals surface area contributed by atoms with Crippen molar-refractivity contribution in [3.8, 4) is 0 Å². The van der Waals surface area contributed by atoms with Gasteiger partial charge in [0.25, 0.3) is 0 Å². The van der Waals surface area contributed by atoms with Crippen LogP contribution >= 0.6 is 0 Å². The number of aryl methyl sites for hydroxylation is 1. The first-order valence-electron chi connectivity index (χ1n) is 6.46. The predicted molar refractivity (Wildman–Crippen MR) is 77.7 cm³/mol. The highest BCUT2D eigenvalue weighted by Crippen LogP contribution is 2.23. The summed E-state index contributed by atoms with van der Waals surface area (Å²) in [5, 5.41) is 7.87. The van der Waals surface area contributed by atoms with Crippen molar-refractivity contribution in [2.45, 2.75) is 31.1 Å². The summed E-state index contributed by atoms with van der Waals surface area (Å²) in [6.45, 7) is 1.74. The Balaban J connectivity index is 2.06. The van der Waals surface area contributed by atoms with Gasteiger partial charge >= 0.3 is 0 Å². The maximum atomic E-state index is 11.9. The lowest BCUT2D eigenvalue weighted by Crippen LogP contribution is -2.16. The van der Waals surface area contributed by atoms with Gasteiger partial charge in [-0.2, -0.15) is 0 Å². The number of benzene rings is 1.